The van der Waals surface area contributed by atoms with Crippen molar-refractivity contribution in [3.8, 4) is 11.5 Å². The lowest BCUT2D eigenvalue weighted by atomic mass is 9.85. The number of hydrogen-bond donors (Lipinski definition) is 1. The highest BCUT2D eigenvalue weighted by Gasteiger charge is 2.48. The fourth-order valence-electron chi connectivity index (χ4n) is 6.04. The molecule has 2 amide bonds. The molecule has 1 aromatic carbocycles. The second-order valence-corrected chi connectivity index (χ2v) is 12.1. The van der Waals surface area contributed by atoms with E-state index < -0.39 is 17.9 Å². The molecule has 1 N–H and O–H groups in total. The van der Waals surface area contributed by atoms with Crippen molar-refractivity contribution in [1.29, 1.82) is 0 Å². The van der Waals surface area contributed by atoms with E-state index in [1.165, 1.54) is 0 Å². The summed E-state index contributed by atoms with van der Waals surface area (Å²) in [4.78, 5) is 44.7. The molecular weight excluding hydrogens is 500 g/mol. The van der Waals surface area contributed by atoms with Gasteiger partial charge in [0.2, 0.25) is 18.6 Å². The summed E-state index contributed by atoms with van der Waals surface area (Å²) in [5, 5.41) is 10.4. The summed E-state index contributed by atoms with van der Waals surface area (Å²) in [6.07, 6.45) is 4.11. The van der Waals surface area contributed by atoms with Gasteiger partial charge < -0.3 is 28.9 Å². The Labute approximate surface area is 232 Å². The largest absolute Gasteiger partial charge is 0.481 e. The van der Waals surface area contributed by atoms with Gasteiger partial charge in [-0.2, -0.15) is 0 Å². The van der Waals surface area contributed by atoms with Gasteiger partial charge in [-0.15, -0.1) is 0 Å². The summed E-state index contributed by atoms with van der Waals surface area (Å²) in [5.41, 5.74) is 0.852. The molecule has 1 aromatic rings. The van der Waals surface area contributed by atoms with Crippen LogP contribution >= 0.6 is 0 Å². The highest BCUT2D eigenvalue weighted by Crippen LogP contribution is 2.42. The molecule has 4 rings (SSSR count). The Kier molecular flexibility index (Phi) is 9.38. The van der Waals surface area contributed by atoms with Crippen molar-refractivity contribution < 1.29 is 33.4 Å². The molecule has 0 aliphatic carbocycles. The molecule has 3 aliphatic rings. The monoisotopic (exact) mass is 545 g/mol. The standard InChI is InChI=1S/C29H44N4O6/c1-5-6-12-30(14-8-15-33(2,3)4)27(35)19-32-17-22(21-10-11-24-25(16-21)39-20-38-24)28(29(36)37)23(32)18-31-13-7-9-26(31)34/h10-11,16,22-23,28H,5-9,12-15,17-20H2,1-4H3/p+1/t22-,23+,28?/m1/s1. The van der Waals surface area contributed by atoms with E-state index in [2.05, 4.69) is 28.1 Å². The first kappa shape index (κ1) is 29.1. The van der Waals surface area contributed by atoms with E-state index in [4.69, 9.17) is 9.47 Å². The Morgan fingerprint density at radius 1 is 1.13 bits per heavy atom. The van der Waals surface area contributed by atoms with Gasteiger partial charge in [0, 0.05) is 57.5 Å². The van der Waals surface area contributed by atoms with Crippen molar-refractivity contribution in [2.24, 2.45) is 5.92 Å². The van der Waals surface area contributed by atoms with Gasteiger partial charge >= 0.3 is 5.97 Å². The van der Waals surface area contributed by atoms with Crippen molar-refractivity contribution in [2.75, 3.05) is 73.7 Å². The van der Waals surface area contributed by atoms with Gasteiger partial charge in [0.15, 0.2) is 11.5 Å². The number of likely N-dealkylation sites (tertiary alicyclic amines) is 2. The van der Waals surface area contributed by atoms with Crippen LogP contribution < -0.4 is 9.47 Å². The zero-order chi connectivity index (χ0) is 28.2. The minimum absolute atomic E-state index is 0.0260. The average Bonchev–Trinajstić information content (AvgIpc) is 3.59. The molecule has 1 unspecified atom stereocenters. The third-order valence-corrected chi connectivity index (χ3v) is 8.17. The molecule has 0 radical (unpaired) electrons. The number of benzene rings is 1. The number of rotatable bonds is 13. The van der Waals surface area contributed by atoms with E-state index in [0.29, 0.717) is 50.6 Å². The lowest BCUT2D eigenvalue weighted by Crippen LogP contribution is -2.49. The molecule has 3 atom stereocenters. The molecule has 2 saturated heterocycles. The number of aliphatic carboxylic acids is 1. The van der Waals surface area contributed by atoms with Gasteiger partial charge in [0.05, 0.1) is 40.2 Å². The molecule has 216 valence electrons. The number of unbranched alkanes of at least 4 members (excludes halogenated alkanes) is 1. The lowest BCUT2D eigenvalue weighted by Gasteiger charge is -2.32. The number of quaternary nitrogens is 1. The zero-order valence-corrected chi connectivity index (χ0v) is 23.9. The van der Waals surface area contributed by atoms with E-state index in [9.17, 15) is 19.5 Å². The van der Waals surface area contributed by atoms with Gasteiger partial charge in [0.25, 0.3) is 0 Å². The summed E-state index contributed by atoms with van der Waals surface area (Å²) in [5.74, 6) is -0.658. The molecule has 2 fully saturated rings. The van der Waals surface area contributed by atoms with Crippen LogP contribution in [0.2, 0.25) is 0 Å². The number of carbonyl (C=O) groups excluding carboxylic acids is 2. The van der Waals surface area contributed by atoms with Crippen molar-refractivity contribution in [3.63, 3.8) is 0 Å². The maximum absolute atomic E-state index is 13.7. The molecule has 0 aromatic heterocycles. The first-order chi connectivity index (χ1) is 18.6. The van der Waals surface area contributed by atoms with Crippen LogP contribution in [0.25, 0.3) is 0 Å². The number of amides is 2. The number of nitrogens with zero attached hydrogens (tertiary/aromatic N) is 4. The lowest BCUT2D eigenvalue weighted by molar-refractivity contribution is -0.870. The first-order valence-electron chi connectivity index (χ1n) is 14.3. The molecule has 10 heteroatoms. The highest BCUT2D eigenvalue weighted by atomic mass is 16.7. The molecule has 10 nitrogen and oxygen atoms in total. The van der Waals surface area contributed by atoms with Gasteiger partial charge in [-0.05, 0) is 30.5 Å². The van der Waals surface area contributed by atoms with Crippen LogP contribution in [-0.4, -0.2) is 122 Å². The third kappa shape index (κ3) is 7.22. The molecule has 3 aliphatic heterocycles. The predicted octanol–water partition coefficient (Wildman–Crippen LogP) is 2.23. The number of fused-ring (bicyclic) bond motifs is 1. The Balaban J connectivity index is 1.57. The van der Waals surface area contributed by atoms with Crippen molar-refractivity contribution in [3.05, 3.63) is 23.8 Å². The van der Waals surface area contributed by atoms with E-state index in [0.717, 1.165) is 42.3 Å². The molecular formula is C29H45N4O6+. The van der Waals surface area contributed by atoms with Crippen LogP contribution in [0.15, 0.2) is 18.2 Å². The Morgan fingerprint density at radius 3 is 2.54 bits per heavy atom. The minimum Gasteiger partial charge on any atom is -0.481 e. The summed E-state index contributed by atoms with van der Waals surface area (Å²) in [6.45, 7) is 6.13. The summed E-state index contributed by atoms with van der Waals surface area (Å²) in [6, 6.07) is 5.13. The number of carboxylic acids is 1. The first-order valence-corrected chi connectivity index (χ1v) is 14.3. The maximum Gasteiger partial charge on any atom is 0.308 e. The van der Waals surface area contributed by atoms with Gasteiger partial charge in [-0.25, -0.2) is 0 Å². The fraction of sp³-hybridized carbons (Fsp3) is 0.690. The molecule has 0 saturated carbocycles. The molecule has 0 spiro atoms. The summed E-state index contributed by atoms with van der Waals surface area (Å²) < 4.78 is 11.9. The summed E-state index contributed by atoms with van der Waals surface area (Å²) >= 11 is 0. The predicted molar refractivity (Wildman–Crippen MR) is 147 cm³/mol. The number of carboxylic acid groups (broad SMARTS) is 1. The second kappa shape index (κ2) is 12.6. The quantitative estimate of drug-likeness (QED) is 0.380. The highest BCUT2D eigenvalue weighted by molar-refractivity contribution is 5.80. The second-order valence-electron chi connectivity index (χ2n) is 12.1. The number of hydrogen-bond acceptors (Lipinski definition) is 6. The van der Waals surface area contributed by atoms with Crippen molar-refractivity contribution in [2.45, 2.75) is 51.0 Å². The maximum atomic E-state index is 13.7. The molecule has 0 bridgehead atoms. The smallest absolute Gasteiger partial charge is 0.308 e. The topological polar surface area (TPSA) is 99.6 Å². The average molecular weight is 546 g/mol. The van der Waals surface area contributed by atoms with Crippen LogP contribution in [0, 0.1) is 5.92 Å². The number of ether oxygens (including phenoxy) is 2. The van der Waals surface area contributed by atoms with Gasteiger partial charge in [0.1, 0.15) is 0 Å². The van der Waals surface area contributed by atoms with Crippen LogP contribution in [0.3, 0.4) is 0 Å². The van der Waals surface area contributed by atoms with E-state index in [-0.39, 0.29) is 31.1 Å². The minimum atomic E-state index is -0.907. The Bertz CT molecular complexity index is 1040. The van der Waals surface area contributed by atoms with Crippen LogP contribution in [-0.2, 0) is 14.4 Å². The van der Waals surface area contributed by atoms with Crippen molar-refractivity contribution >= 4 is 17.8 Å². The van der Waals surface area contributed by atoms with Gasteiger partial charge in [-0.1, -0.05) is 19.4 Å². The fourth-order valence-corrected chi connectivity index (χ4v) is 6.04. The van der Waals surface area contributed by atoms with Gasteiger partial charge in [-0.3, -0.25) is 19.3 Å². The Hall–Kier alpha value is -2.85. The van der Waals surface area contributed by atoms with Crippen LogP contribution in [0.1, 0.15) is 50.5 Å². The molecule has 39 heavy (non-hydrogen) atoms. The van der Waals surface area contributed by atoms with E-state index in [1.807, 2.05) is 28.0 Å². The Morgan fingerprint density at radius 2 is 1.87 bits per heavy atom. The van der Waals surface area contributed by atoms with Crippen LogP contribution in [0.5, 0.6) is 11.5 Å². The van der Waals surface area contributed by atoms with E-state index >= 15 is 0 Å². The summed E-state index contributed by atoms with van der Waals surface area (Å²) in [7, 11) is 6.44. The van der Waals surface area contributed by atoms with Crippen molar-refractivity contribution in [1.82, 2.24) is 14.7 Å². The molecule has 3 heterocycles. The SMILES string of the molecule is CCCCN(CCC[N+](C)(C)C)C(=O)CN1C[C@H](c2ccc3c(c2)OCO3)C(C(=O)O)[C@@H]1CN1CCCC1=O. The third-order valence-electron chi connectivity index (χ3n) is 8.17. The zero-order valence-electron chi connectivity index (χ0n) is 23.9. The van der Waals surface area contributed by atoms with E-state index in [1.54, 1.807) is 4.90 Å². The van der Waals surface area contributed by atoms with Crippen LogP contribution in [0.4, 0.5) is 0 Å². The number of carbonyl (C=O) groups is 3. The normalized spacial score (nSPS) is 23.0.